The molecular weight excluding hydrogens is 334 g/mol. The van der Waals surface area contributed by atoms with E-state index in [1.165, 1.54) is 34.6 Å². The van der Waals surface area contributed by atoms with E-state index in [1.807, 2.05) is 11.8 Å². The summed E-state index contributed by atoms with van der Waals surface area (Å²) in [5, 5.41) is 0. The Morgan fingerprint density at radius 1 is 0.808 bits per heavy atom. The largest absolute Gasteiger partial charge is 0.304 e. The van der Waals surface area contributed by atoms with E-state index in [1.54, 1.807) is 0 Å². The van der Waals surface area contributed by atoms with Crippen LogP contribution in [0.3, 0.4) is 0 Å². The SMILES string of the molecule is CCN(CC)CCC(c1ccccc1)c1ccc(SCCC(C)C)cc1. The average Bonchev–Trinajstić information content (AvgIpc) is 2.67. The predicted octanol–water partition coefficient (Wildman–Crippen LogP) is 6.69. The highest BCUT2D eigenvalue weighted by Crippen LogP contribution is 2.30. The molecule has 0 amide bonds. The number of thioether (sulfide) groups is 1. The van der Waals surface area contributed by atoms with Crippen LogP contribution in [0.5, 0.6) is 0 Å². The number of hydrogen-bond acceptors (Lipinski definition) is 2. The van der Waals surface area contributed by atoms with E-state index >= 15 is 0 Å². The third-order valence-electron chi connectivity index (χ3n) is 5.08. The third-order valence-corrected chi connectivity index (χ3v) is 6.12. The molecule has 0 radical (unpaired) electrons. The standard InChI is InChI=1S/C24H35NS/c1-5-25(6-2)18-16-24(21-10-8-7-9-11-21)22-12-14-23(15-13-22)26-19-17-20(3)4/h7-15,20,24H,5-6,16-19H2,1-4H3. The molecule has 1 unspecified atom stereocenters. The van der Waals surface area contributed by atoms with Crippen LogP contribution in [0.15, 0.2) is 59.5 Å². The molecular formula is C24H35NS. The van der Waals surface area contributed by atoms with Crippen LogP contribution in [0.4, 0.5) is 0 Å². The monoisotopic (exact) mass is 369 g/mol. The van der Waals surface area contributed by atoms with Gasteiger partial charge in [0.25, 0.3) is 0 Å². The van der Waals surface area contributed by atoms with Gasteiger partial charge in [0, 0.05) is 10.8 Å². The van der Waals surface area contributed by atoms with Crippen LogP contribution in [-0.2, 0) is 0 Å². The third kappa shape index (κ3) is 6.81. The Labute approximate surface area is 165 Å². The summed E-state index contributed by atoms with van der Waals surface area (Å²) in [5.74, 6) is 2.47. The quantitative estimate of drug-likeness (QED) is 0.406. The molecule has 1 atom stereocenters. The molecule has 0 fully saturated rings. The lowest BCUT2D eigenvalue weighted by Crippen LogP contribution is -2.25. The first kappa shape index (κ1) is 21.1. The summed E-state index contributed by atoms with van der Waals surface area (Å²) in [6.07, 6.45) is 2.45. The normalized spacial score (nSPS) is 12.7. The van der Waals surface area contributed by atoms with Crippen molar-refractivity contribution in [3.05, 3.63) is 65.7 Å². The van der Waals surface area contributed by atoms with Gasteiger partial charge in [-0.3, -0.25) is 0 Å². The zero-order chi connectivity index (χ0) is 18.8. The van der Waals surface area contributed by atoms with Crippen LogP contribution in [-0.4, -0.2) is 30.3 Å². The zero-order valence-electron chi connectivity index (χ0n) is 16.9. The maximum absolute atomic E-state index is 2.52. The molecule has 0 N–H and O–H groups in total. The Hall–Kier alpha value is -1.25. The first-order valence-corrected chi connectivity index (χ1v) is 11.1. The van der Waals surface area contributed by atoms with Crippen molar-refractivity contribution in [2.75, 3.05) is 25.4 Å². The van der Waals surface area contributed by atoms with E-state index in [0.29, 0.717) is 5.92 Å². The highest BCUT2D eigenvalue weighted by molar-refractivity contribution is 7.99. The molecule has 2 heteroatoms. The molecule has 0 saturated carbocycles. The molecule has 0 bridgehead atoms. The van der Waals surface area contributed by atoms with Gasteiger partial charge in [-0.1, -0.05) is 70.2 Å². The second kappa shape index (κ2) is 11.5. The van der Waals surface area contributed by atoms with E-state index in [2.05, 4.69) is 87.2 Å². The van der Waals surface area contributed by atoms with Gasteiger partial charge in [0.2, 0.25) is 0 Å². The van der Waals surface area contributed by atoms with Gasteiger partial charge in [-0.2, -0.15) is 0 Å². The molecule has 0 aliphatic carbocycles. The number of hydrogen-bond donors (Lipinski definition) is 0. The Morgan fingerprint density at radius 2 is 1.42 bits per heavy atom. The summed E-state index contributed by atoms with van der Waals surface area (Å²) < 4.78 is 0. The van der Waals surface area contributed by atoms with Crippen LogP contribution >= 0.6 is 11.8 Å². The zero-order valence-corrected chi connectivity index (χ0v) is 17.8. The summed E-state index contributed by atoms with van der Waals surface area (Å²) in [7, 11) is 0. The Balaban J connectivity index is 2.09. The minimum atomic E-state index is 0.478. The molecule has 0 aliphatic rings. The second-order valence-corrected chi connectivity index (χ2v) is 8.55. The minimum Gasteiger partial charge on any atom is -0.304 e. The van der Waals surface area contributed by atoms with Crippen LogP contribution in [0.25, 0.3) is 0 Å². The maximum Gasteiger partial charge on any atom is 0.0101 e. The summed E-state index contributed by atoms with van der Waals surface area (Å²) in [6.45, 7) is 12.5. The van der Waals surface area contributed by atoms with Crippen LogP contribution in [0.2, 0.25) is 0 Å². The molecule has 0 aliphatic heterocycles. The van der Waals surface area contributed by atoms with Gasteiger partial charge >= 0.3 is 0 Å². The van der Waals surface area contributed by atoms with Gasteiger partial charge in [0.05, 0.1) is 0 Å². The van der Waals surface area contributed by atoms with Crippen molar-refractivity contribution in [2.24, 2.45) is 5.92 Å². The van der Waals surface area contributed by atoms with Crippen molar-refractivity contribution in [2.45, 2.75) is 51.3 Å². The highest BCUT2D eigenvalue weighted by atomic mass is 32.2. The minimum absolute atomic E-state index is 0.478. The Bertz CT molecular complexity index is 602. The average molecular weight is 370 g/mol. The molecule has 26 heavy (non-hydrogen) atoms. The molecule has 2 aromatic carbocycles. The first-order valence-electron chi connectivity index (χ1n) is 10.1. The lowest BCUT2D eigenvalue weighted by molar-refractivity contribution is 0.294. The molecule has 2 rings (SSSR count). The maximum atomic E-state index is 2.52. The molecule has 0 aromatic heterocycles. The number of benzene rings is 2. The Kier molecular flexibility index (Phi) is 9.28. The van der Waals surface area contributed by atoms with Crippen molar-refractivity contribution in [1.29, 1.82) is 0 Å². The van der Waals surface area contributed by atoms with E-state index in [9.17, 15) is 0 Å². The lowest BCUT2D eigenvalue weighted by Gasteiger charge is -2.23. The fraction of sp³-hybridized carbons (Fsp3) is 0.500. The second-order valence-electron chi connectivity index (χ2n) is 7.38. The van der Waals surface area contributed by atoms with Crippen molar-refractivity contribution in [3.63, 3.8) is 0 Å². The number of rotatable bonds is 11. The van der Waals surface area contributed by atoms with Gasteiger partial charge in [0.15, 0.2) is 0 Å². The lowest BCUT2D eigenvalue weighted by atomic mass is 9.88. The van der Waals surface area contributed by atoms with Crippen molar-refractivity contribution in [3.8, 4) is 0 Å². The van der Waals surface area contributed by atoms with Crippen molar-refractivity contribution in [1.82, 2.24) is 4.90 Å². The smallest absolute Gasteiger partial charge is 0.0101 e. The predicted molar refractivity (Wildman–Crippen MR) is 117 cm³/mol. The van der Waals surface area contributed by atoms with Crippen LogP contribution in [0, 0.1) is 5.92 Å². The molecule has 0 spiro atoms. The topological polar surface area (TPSA) is 3.24 Å². The fourth-order valence-electron chi connectivity index (χ4n) is 3.27. The fourth-order valence-corrected chi connectivity index (χ4v) is 4.42. The van der Waals surface area contributed by atoms with Gasteiger partial charge < -0.3 is 4.90 Å². The van der Waals surface area contributed by atoms with E-state index in [-0.39, 0.29) is 0 Å². The van der Waals surface area contributed by atoms with Gasteiger partial charge in [-0.15, -0.1) is 11.8 Å². The van der Waals surface area contributed by atoms with Crippen molar-refractivity contribution < 1.29 is 0 Å². The highest BCUT2D eigenvalue weighted by Gasteiger charge is 2.15. The summed E-state index contributed by atoms with van der Waals surface area (Å²) >= 11 is 1.98. The molecule has 2 aromatic rings. The summed E-state index contributed by atoms with van der Waals surface area (Å²) in [5.41, 5.74) is 2.87. The van der Waals surface area contributed by atoms with Crippen molar-refractivity contribution >= 4 is 11.8 Å². The summed E-state index contributed by atoms with van der Waals surface area (Å²) in [4.78, 5) is 3.91. The van der Waals surface area contributed by atoms with E-state index < -0.39 is 0 Å². The first-order chi connectivity index (χ1) is 12.6. The summed E-state index contributed by atoms with van der Waals surface area (Å²) in [6, 6.07) is 20.3. The van der Waals surface area contributed by atoms with Crippen LogP contribution < -0.4 is 0 Å². The molecule has 0 saturated heterocycles. The molecule has 142 valence electrons. The number of nitrogens with zero attached hydrogens (tertiary/aromatic N) is 1. The molecule has 1 nitrogen and oxygen atoms in total. The van der Waals surface area contributed by atoms with Gasteiger partial charge in [-0.05, 0) is 67.4 Å². The van der Waals surface area contributed by atoms with E-state index in [4.69, 9.17) is 0 Å². The van der Waals surface area contributed by atoms with Crippen LogP contribution in [0.1, 0.15) is 57.6 Å². The van der Waals surface area contributed by atoms with E-state index in [0.717, 1.165) is 25.6 Å². The van der Waals surface area contributed by atoms with Gasteiger partial charge in [-0.25, -0.2) is 0 Å². The Morgan fingerprint density at radius 3 is 2.00 bits per heavy atom. The van der Waals surface area contributed by atoms with Gasteiger partial charge in [0.1, 0.15) is 0 Å². The molecule has 0 heterocycles.